The number of hydrogen-bond donors (Lipinski definition) is 1. The third-order valence-electron chi connectivity index (χ3n) is 3.15. The Morgan fingerprint density at radius 2 is 1.91 bits per heavy atom. The number of benzene rings is 2. The van der Waals surface area contributed by atoms with Crippen LogP contribution >= 0.6 is 0 Å². The fraction of sp³-hybridized carbons (Fsp3) is 0.222. The molecular weight excluding hydrogens is 276 g/mol. The summed E-state index contributed by atoms with van der Waals surface area (Å²) in [5.74, 6) is 0.522. The lowest BCUT2D eigenvalue weighted by molar-refractivity contribution is 0.0955. The van der Waals surface area contributed by atoms with Crippen molar-refractivity contribution in [2.45, 2.75) is 20.3 Å². The van der Waals surface area contributed by atoms with Crippen molar-refractivity contribution in [1.82, 2.24) is 5.43 Å². The molecule has 114 valence electrons. The molecule has 0 aliphatic rings. The van der Waals surface area contributed by atoms with Gasteiger partial charge in [0.25, 0.3) is 5.91 Å². The van der Waals surface area contributed by atoms with E-state index in [9.17, 15) is 4.79 Å². The number of carbonyl (C=O) groups excluding carboxylic acids is 1. The van der Waals surface area contributed by atoms with E-state index in [4.69, 9.17) is 4.74 Å². The minimum atomic E-state index is -0.244. The molecule has 0 saturated carbocycles. The maximum Gasteiger partial charge on any atom is 0.271 e. The molecule has 4 heteroatoms. The minimum Gasteiger partial charge on any atom is -0.494 e. The molecule has 0 aliphatic heterocycles. The third kappa shape index (κ3) is 4.45. The number of carbonyl (C=O) groups is 1. The van der Waals surface area contributed by atoms with Crippen molar-refractivity contribution in [2.75, 3.05) is 6.61 Å². The highest BCUT2D eigenvalue weighted by atomic mass is 16.5. The van der Waals surface area contributed by atoms with Crippen LogP contribution in [0.2, 0.25) is 0 Å². The van der Waals surface area contributed by atoms with Gasteiger partial charge in [-0.25, -0.2) is 5.43 Å². The van der Waals surface area contributed by atoms with Gasteiger partial charge in [0.2, 0.25) is 0 Å². The van der Waals surface area contributed by atoms with Crippen molar-refractivity contribution in [1.29, 1.82) is 0 Å². The van der Waals surface area contributed by atoms with E-state index in [1.54, 1.807) is 30.5 Å². The molecule has 1 N–H and O–H groups in total. The number of ether oxygens (including phenoxy) is 1. The third-order valence-corrected chi connectivity index (χ3v) is 3.15. The summed E-state index contributed by atoms with van der Waals surface area (Å²) < 4.78 is 5.48. The van der Waals surface area contributed by atoms with Gasteiger partial charge in [-0.2, -0.15) is 5.10 Å². The van der Waals surface area contributed by atoms with E-state index >= 15 is 0 Å². The van der Waals surface area contributed by atoms with Crippen molar-refractivity contribution in [3.63, 3.8) is 0 Å². The van der Waals surface area contributed by atoms with Crippen LogP contribution in [0, 0.1) is 6.92 Å². The number of hydrazone groups is 1. The second kappa shape index (κ2) is 7.98. The Labute approximate surface area is 130 Å². The normalized spacial score (nSPS) is 10.6. The van der Waals surface area contributed by atoms with Crippen LogP contribution in [-0.4, -0.2) is 18.7 Å². The summed E-state index contributed by atoms with van der Waals surface area (Å²) in [6, 6.07) is 14.9. The summed E-state index contributed by atoms with van der Waals surface area (Å²) in [6.07, 6.45) is 2.60. The highest BCUT2D eigenvalue weighted by molar-refractivity contribution is 5.95. The second-order valence-electron chi connectivity index (χ2n) is 4.93. The average Bonchev–Trinajstić information content (AvgIpc) is 2.55. The smallest absolute Gasteiger partial charge is 0.271 e. The summed E-state index contributed by atoms with van der Waals surface area (Å²) >= 11 is 0. The van der Waals surface area contributed by atoms with E-state index in [0.29, 0.717) is 12.2 Å². The number of nitrogens with zero attached hydrogens (tertiary/aromatic N) is 1. The van der Waals surface area contributed by atoms with Gasteiger partial charge in [0.15, 0.2) is 0 Å². The van der Waals surface area contributed by atoms with E-state index in [-0.39, 0.29) is 5.91 Å². The number of nitrogens with one attached hydrogen (secondary N) is 1. The van der Waals surface area contributed by atoms with Crippen LogP contribution in [0.3, 0.4) is 0 Å². The molecule has 0 radical (unpaired) electrons. The van der Waals surface area contributed by atoms with Gasteiger partial charge in [-0.05, 0) is 48.7 Å². The Morgan fingerprint density at radius 1 is 1.18 bits per heavy atom. The highest BCUT2D eigenvalue weighted by Crippen LogP contribution is 2.12. The number of aryl methyl sites for hydroxylation is 1. The zero-order chi connectivity index (χ0) is 15.8. The molecule has 22 heavy (non-hydrogen) atoms. The Morgan fingerprint density at radius 3 is 2.59 bits per heavy atom. The fourth-order valence-electron chi connectivity index (χ4n) is 1.88. The molecule has 0 atom stereocenters. The van der Waals surface area contributed by atoms with Gasteiger partial charge in [0, 0.05) is 5.56 Å². The zero-order valence-electron chi connectivity index (χ0n) is 12.9. The van der Waals surface area contributed by atoms with Crippen molar-refractivity contribution in [3.05, 3.63) is 65.2 Å². The maximum atomic E-state index is 12.0. The predicted molar refractivity (Wildman–Crippen MR) is 88.5 cm³/mol. The number of amides is 1. The van der Waals surface area contributed by atoms with Crippen LogP contribution in [0.5, 0.6) is 5.75 Å². The molecule has 1 amide bonds. The summed E-state index contributed by atoms with van der Waals surface area (Å²) in [7, 11) is 0. The molecule has 2 rings (SSSR count). The molecule has 0 fully saturated rings. The van der Waals surface area contributed by atoms with Gasteiger partial charge in [-0.3, -0.25) is 4.79 Å². The molecule has 0 aliphatic carbocycles. The molecule has 0 aromatic heterocycles. The largest absolute Gasteiger partial charge is 0.494 e. The highest BCUT2D eigenvalue weighted by Gasteiger charge is 2.04. The van der Waals surface area contributed by atoms with E-state index in [1.165, 1.54) is 0 Å². The number of hydrogen-bond acceptors (Lipinski definition) is 3. The Bertz CT molecular complexity index is 648. The van der Waals surface area contributed by atoms with Crippen LogP contribution in [0.1, 0.15) is 34.8 Å². The van der Waals surface area contributed by atoms with Crippen LogP contribution in [-0.2, 0) is 0 Å². The Kier molecular flexibility index (Phi) is 5.72. The summed E-state index contributed by atoms with van der Waals surface area (Å²) in [4.78, 5) is 12.0. The van der Waals surface area contributed by atoms with Crippen LogP contribution < -0.4 is 10.2 Å². The Hall–Kier alpha value is -2.62. The Balaban J connectivity index is 1.93. The van der Waals surface area contributed by atoms with Gasteiger partial charge >= 0.3 is 0 Å². The lowest BCUT2D eigenvalue weighted by Gasteiger charge is -2.05. The first-order valence-corrected chi connectivity index (χ1v) is 7.32. The van der Waals surface area contributed by atoms with Crippen molar-refractivity contribution in [2.24, 2.45) is 5.10 Å². The fourth-order valence-corrected chi connectivity index (χ4v) is 1.88. The minimum absolute atomic E-state index is 0.244. The van der Waals surface area contributed by atoms with Gasteiger partial charge in [0.05, 0.1) is 12.8 Å². The van der Waals surface area contributed by atoms with E-state index in [0.717, 1.165) is 23.3 Å². The molecule has 0 heterocycles. The first kappa shape index (κ1) is 15.8. The van der Waals surface area contributed by atoms with Crippen molar-refractivity contribution < 1.29 is 9.53 Å². The first-order chi connectivity index (χ1) is 10.7. The molecular formula is C18H20N2O2. The molecule has 0 bridgehead atoms. The lowest BCUT2D eigenvalue weighted by Crippen LogP contribution is -2.17. The second-order valence-corrected chi connectivity index (χ2v) is 4.93. The molecule has 2 aromatic rings. The van der Waals surface area contributed by atoms with E-state index < -0.39 is 0 Å². The summed E-state index contributed by atoms with van der Waals surface area (Å²) in [6.45, 7) is 4.72. The number of rotatable bonds is 6. The quantitative estimate of drug-likeness (QED) is 0.654. The van der Waals surface area contributed by atoms with Gasteiger partial charge in [0.1, 0.15) is 5.75 Å². The zero-order valence-corrected chi connectivity index (χ0v) is 12.9. The van der Waals surface area contributed by atoms with Gasteiger partial charge in [-0.15, -0.1) is 0 Å². The van der Waals surface area contributed by atoms with Crippen molar-refractivity contribution >= 4 is 12.1 Å². The molecule has 2 aromatic carbocycles. The average molecular weight is 296 g/mol. The van der Waals surface area contributed by atoms with Crippen molar-refractivity contribution in [3.8, 4) is 5.75 Å². The molecule has 4 nitrogen and oxygen atoms in total. The summed E-state index contributed by atoms with van der Waals surface area (Å²) in [5, 5.41) is 3.99. The van der Waals surface area contributed by atoms with E-state index in [1.807, 2.05) is 38.1 Å². The summed E-state index contributed by atoms with van der Waals surface area (Å²) in [5.41, 5.74) is 5.16. The predicted octanol–water partition coefficient (Wildman–Crippen LogP) is 3.55. The SMILES string of the molecule is CCCOc1ccc(C(=O)N/N=C\c2ccccc2C)cc1. The van der Waals surface area contributed by atoms with Gasteiger partial charge < -0.3 is 4.74 Å². The van der Waals surface area contributed by atoms with Crippen LogP contribution in [0.15, 0.2) is 53.6 Å². The lowest BCUT2D eigenvalue weighted by atomic mass is 10.1. The molecule has 0 saturated heterocycles. The maximum absolute atomic E-state index is 12.0. The van der Waals surface area contributed by atoms with Crippen LogP contribution in [0.4, 0.5) is 0 Å². The molecule has 0 spiro atoms. The topological polar surface area (TPSA) is 50.7 Å². The molecule has 0 unspecified atom stereocenters. The van der Waals surface area contributed by atoms with Crippen LogP contribution in [0.25, 0.3) is 0 Å². The van der Waals surface area contributed by atoms with Gasteiger partial charge in [-0.1, -0.05) is 31.2 Å². The first-order valence-electron chi connectivity index (χ1n) is 7.32. The standard InChI is InChI=1S/C18H20N2O2/c1-3-12-22-17-10-8-15(9-11-17)18(21)20-19-13-16-7-5-4-6-14(16)2/h4-11,13H,3,12H2,1-2H3,(H,20,21)/b19-13-. The monoisotopic (exact) mass is 296 g/mol. The van der Waals surface area contributed by atoms with E-state index in [2.05, 4.69) is 10.5 Å².